The number of rotatable bonds is 2. The molecule has 3 heteroatoms. The SMILES string of the molecule is OC1CCCCCC1NC1CCOC2(CCCC2)C1. The zero-order valence-corrected chi connectivity index (χ0v) is 12.1. The van der Waals surface area contributed by atoms with E-state index in [0.29, 0.717) is 12.1 Å². The first-order valence-corrected chi connectivity index (χ1v) is 8.36. The van der Waals surface area contributed by atoms with Crippen LogP contribution in [-0.2, 0) is 4.74 Å². The van der Waals surface area contributed by atoms with Crippen LogP contribution in [0.3, 0.4) is 0 Å². The van der Waals surface area contributed by atoms with Gasteiger partial charge in [0.25, 0.3) is 0 Å². The lowest BCUT2D eigenvalue weighted by Gasteiger charge is -2.40. The molecule has 3 nitrogen and oxygen atoms in total. The molecule has 3 unspecified atom stereocenters. The summed E-state index contributed by atoms with van der Waals surface area (Å²) in [7, 11) is 0. The second-order valence-corrected chi connectivity index (χ2v) is 6.91. The summed E-state index contributed by atoms with van der Waals surface area (Å²) in [4.78, 5) is 0. The van der Waals surface area contributed by atoms with Gasteiger partial charge in [-0.2, -0.15) is 0 Å². The van der Waals surface area contributed by atoms with Gasteiger partial charge in [-0.25, -0.2) is 0 Å². The Morgan fingerprint density at radius 3 is 2.58 bits per heavy atom. The molecule has 0 aromatic rings. The molecular weight excluding hydrogens is 238 g/mol. The predicted molar refractivity (Wildman–Crippen MR) is 76.2 cm³/mol. The van der Waals surface area contributed by atoms with Crippen molar-refractivity contribution in [1.29, 1.82) is 0 Å². The number of aliphatic hydroxyl groups excluding tert-OH is 1. The number of hydrogen-bond donors (Lipinski definition) is 2. The molecule has 1 heterocycles. The molecule has 0 bridgehead atoms. The third kappa shape index (κ3) is 3.32. The van der Waals surface area contributed by atoms with Crippen LogP contribution < -0.4 is 5.32 Å². The van der Waals surface area contributed by atoms with Crippen molar-refractivity contribution in [2.75, 3.05) is 6.61 Å². The van der Waals surface area contributed by atoms with Gasteiger partial charge in [-0.1, -0.05) is 32.1 Å². The Hall–Kier alpha value is -0.120. The Bertz CT molecular complexity index is 288. The van der Waals surface area contributed by atoms with Crippen molar-refractivity contribution < 1.29 is 9.84 Å². The van der Waals surface area contributed by atoms with Crippen molar-refractivity contribution in [3.8, 4) is 0 Å². The summed E-state index contributed by atoms with van der Waals surface area (Å²) in [6.07, 6.45) is 13.2. The third-order valence-corrected chi connectivity index (χ3v) is 5.44. The van der Waals surface area contributed by atoms with Crippen molar-refractivity contribution in [2.45, 2.75) is 94.4 Å². The van der Waals surface area contributed by atoms with Crippen molar-refractivity contribution in [3.63, 3.8) is 0 Å². The van der Waals surface area contributed by atoms with E-state index in [1.54, 1.807) is 0 Å². The van der Waals surface area contributed by atoms with Crippen LogP contribution in [0.25, 0.3) is 0 Å². The Balaban J connectivity index is 1.56. The molecule has 0 aromatic carbocycles. The summed E-state index contributed by atoms with van der Waals surface area (Å²) < 4.78 is 6.09. The van der Waals surface area contributed by atoms with Crippen LogP contribution in [0.4, 0.5) is 0 Å². The molecule has 3 atom stereocenters. The second kappa shape index (κ2) is 6.11. The van der Waals surface area contributed by atoms with Crippen LogP contribution in [0.2, 0.25) is 0 Å². The van der Waals surface area contributed by atoms with Crippen molar-refractivity contribution >= 4 is 0 Å². The fourth-order valence-corrected chi connectivity index (χ4v) is 4.32. The first-order chi connectivity index (χ1) is 9.27. The molecule has 3 aliphatic rings. The van der Waals surface area contributed by atoms with E-state index >= 15 is 0 Å². The quantitative estimate of drug-likeness (QED) is 0.756. The van der Waals surface area contributed by atoms with Crippen LogP contribution in [0, 0.1) is 0 Å². The Labute approximate surface area is 117 Å². The van der Waals surface area contributed by atoms with E-state index in [4.69, 9.17) is 4.74 Å². The minimum Gasteiger partial charge on any atom is -0.392 e. The summed E-state index contributed by atoms with van der Waals surface area (Å²) >= 11 is 0. The van der Waals surface area contributed by atoms with Gasteiger partial charge in [0.1, 0.15) is 0 Å². The maximum Gasteiger partial charge on any atom is 0.0697 e. The van der Waals surface area contributed by atoms with E-state index in [0.717, 1.165) is 32.3 Å². The number of nitrogens with one attached hydrogen (secondary N) is 1. The van der Waals surface area contributed by atoms with Gasteiger partial charge in [-0.3, -0.25) is 0 Å². The van der Waals surface area contributed by atoms with E-state index < -0.39 is 0 Å². The summed E-state index contributed by atoms with van der Waals surface area (Å²) in [6.45, 7) is 0.903. The van der Waals surface area contributed by atoms with E-state index in [1.165, 1.54) is 44.9 Å². The van der Waals surface area contributed by atoms with Gasteiger partial charge in [-0.15, -0.1) is 0 Å². The summed E-state index contributed by atoms with van der Waals surface area (Å²) in [5, 5.41) is 14.0. The standard InChI is InChI=1S/C16H29NO2/c18-15-7-3-1-2-6-14(15)17-13-8-11-19-16(12-13)9-4-5-10-16/h13-15,17-18H,1-12H2. The van der Waals surface area contributed by atoms with Gasteiger partial charge in [0.05, 0.1) is 11.7 Å². The largest absolute Gasteiger partial charge is 0.392 e. The monoisotopic (exact) mass is 267 g/mol. The second-order valence-electron chi connectivity index (χ2n) is 6.91. The molecule has 0 amide bonds. The summed E-state index contributed by atoms with van der Waals surface area (Å²) in [5.74, 6) is 0. The maximum atomic E-state index is 10.2. The molecule has 2 N–H and O–H groups in total. The highest BCUT2D eigenvalue weighted by molar-refractivity contribution is 4.95. The Morgan fingerprint density at radius 1 is 0.947 bits per heavy atom. The lowest BCUT2D eigenvalue weighted by molar-refractivity contribution is -0.0865. The first kappa shape index (κ1) is 13.8. The molecule has 1 spiro atoms. The van der Waals surface area contributed by atoms with E-state index in [1.807, 2.05) is 0 Å². The van der Waals surface area contributed by atoms with Crippen LogP contribution in [0.15, 0.2) is 0 Å². The van der Waals surface area contributed by atoms with Crippen molar-refractivity contribution in [3.05, 3.63) is 0 Å². The third-order valence-electron chi connectivity index (χ3n) is 5.44. The number of hydrogen-bond acceptors (Lipinski definition) is 3. The van der Waals surface area contributed by atoms with Gasteiger partial charge >= 0.3 is 0 Å². The van der Waals surface area contributed by atoms with Crippen LogP contribution in [-0.4, -0.2) is 35.5 Å². The maximum absolute atomic E-state index is 10.2. The summed E-state index contributed by atoms with van der Waals surface area (Å²) in [5.41, 5.74) is 0.186. The summed E-state index contributed by atoms with van der Waals surface area (Å²) in [6, 6.07) is 0.883. The minimum atomic E-state index is -0.134. The van der Waals surface area contributed by atoms with Crippen molar-refractivity contribution in [1.82, 2.24) is 5.32 Å². The molecule has 19 heavy (non-hydrogen) atoms. The van der Waals surface area contributed by atoms with Gasteiger partial charge in [0.15, 0.2) is 0 Å². The highest BCUT2D eigenvalue weighted by atomic mass is 16.5. The average Bonchev–Trinajstić information content (AvgIpc) is 2.75. The van der Waals surface area contributed by atoms with Gasteiger partial charge < -0.3 is 15.2 Å². The highest BCUT2D eigenvalue weighted by Crippen LogP contribution is 2.40. The van der Waals surface area contributed by atoms with Crippen molar-refractivity contribution in [2.24, 2.45) is 0 Å². The van der Waals surface area contributed by atoms with Gasteiger partial charge in [0.2, 0.25) is 0 Å². The van der Waals surface area contributed by atoms with Crippen LogP contribution in [0.5, 0.6) is 0 Å². The Morgan fingerprint density at radius 2 is 1.74 bits per heavy atom. The van der Waals surface area contributed by atoms with Crippen LogP contribution in [0.1, 0.15) is 70.6 Å². The smallest absolute Gasteiger partial charge is 0.0697 e. The fraction of sp³-hybridized carbons (Fsp3) is 1.00. The normalized spacial score (nSPS) is 39.3. The molecule has 1 aliphatic heterocycles. The molecule has 0 aromatic heterocycles. The molecule has 2 aliphatic carbocycles. The topological polar surface area (TPSA) is 41.5 Å². The first-order valence-electron chi connectivity index (χ1n) is 8.36. The minimum absolute atomic E-state index is 0.134. The molecule has 3 fully saturated rings. The van der Waals surface area contributed by atoms with Gasteiger partial charge in [0, 0.05) is 18.7 Å². The lowest BCUT2D eigenvalue weighted by atomic mass is 9.88. The fourth-order valence-electron chi connectivity index (χ4n) is 4.32. The highest BCUT2D eigenvalue weighted by Gasteiger charge is 2.40. The molecule has 3 rings (SSSR count). The van der Waals surface area contributed by atoms with Crippen LogP contribution >= 0.6 is 0 Å². The molecule has 2 saturated carbocycles. The molecule has 1 saturated heterocycles. The van der Waals surface area contributed by atoms with E-state index in [-0.39, 0.29) is 11.7 Å². The molecule has 0 radical (unpaired) electrons. The lowest BCUT2D eigenvalue weighted by Crippen LogP contribution is -2.51. The van der Waals surface area contributed by atoms with E-state index in [2.05, 4.69) is 5.32 Å². The number of ether oxygens (including phenoxy) is 1. The predicted octanol–water partition coefficient (Wildman–Crippen LogP) is 2.76. The number of aliphatic hydroxyl groups is 1. The molecule has 110 valence electrons. The average molecular weight is 267 g/mol. The zero-order valence-electron chi connectivity index (χ0n) is 12.1. The zero-order chi connectivity index (χ0) is 13.1. The molecular formula is C16H29NO2. The van der Waals surface area contributed by atoms with E-state index in [9.17, 15) is 5.11 Å². The van der Waals surface area contributed by atoms with Gasteiger partial charge in [-0.05, 0) is 38.5 Å². The Kier molecular flexibility index (Phi) is 4.45.